The topological polar surface area (TPSA) is 79.3 Å². The molecular weight excluding hydrogens is 425 g/mol. The lowest BCUT2D eigenvalue weighted by Crippen LogP contribution is -2.31. The van der Waals surface area contributed by atoms with Crippen LogP contribution in [0.25, 0.3) is 0 Å². The lowest BCUT2D eigenvalue weighted by atomic mass is 10.1. The van der Waals surface area contributed by atoms with Gasteiger partial charge in [-0.3, -0.25) is 0 Å². The van der Waals surface area contributed by atoms with Crippen molar-refractivity contribution < 1.29 is 4.39 Å². The molecule has 0 aliphatic carbocycles. The Labute approximate surface area is 205 Å². The van der Waals surface area contributed by atoms with Crippen molar-refractivity contribution in [3.8, 4) is 0 Å². The van der Waals surface area contributed by atoms with Gasteiger partial charge < -0.3 is 27.0 Å². The number of unbranched alkanes of at least 4 members (excludes halogenated alkanes) is 1. The molecule has 5 nitrogen and oxygen atoms in total. The molecule has 0 aromatic heterocycles. The van der Waals surface area contributed by atoms with Crippen molar-refractivity contribution in [2.75, 3.05) is 13.1 Å². The van der Waals surface area contributed by atoms with Gasteiger partial charge in [-0.2, -0.15) is 0 Å². The highest BCUT2D eigenvalue weighted by Crippen LogP contribution is 2.21. The molecule has 1 saturated heterocycles. The van der Waals surface area contributed by atoms with E-state index in [-0.39, 0.29) is 5.82 Å². The zero-order valence-electron chi connectivity index (χ0n) is 20.6. The highest BCUT2D eigenvalue weighted by atomic mass is 19.1. The summed E-state index contributed by atoms with van der Waals surface area (Å²) in [5.74, 6) is -0.350. The molecule has 0 bridgehead atoms. The Balaban J connectivity index is 0.000000289. The average molecular weight is 468 g/mol. The van der Waals surface area contributed by atoms with Gasteiger partial charge in [0.25, 0.3) is 0 Å². The smallest absolute Gasteiger partial charge is 0.129 e. The number of benzene rings is 2. The zero-order valence-corrected chi connectivity index (χ0v) is 20.6. The van der Waals surface area contributed by atoms with Crippen LogP contribution < -0.4 is 22.1 Å². The summed E-state index contributed by atoms with van der Waals surface area (Å²) in [5.41, 5.74) is 13.2. The van der Waals surface area contributed by atoms with Crippen LogP contribution in [0.2, 0.25) is 0 Å². The van der Waals surface area contributed by atoms with E-state index in [1.165, 1.54) is 37.3 Å². The lowest BCUT2D eigenvalue weighted by Gasteiger charge is -2.25. The number of nitrogens with one attached hydrogen (secondary N) is 2. The third kappa shape index (κ3) is 11.2. The first kappa shape index (κ1) is 28.9. The Morgan fingerprint density at radius 2 is 1.82 bits per heavy atom. The van der Waals surface area contributed by atoms with Gasteiger partial charge in [-0.25, -0.2) is 4.39 Å². The second-order valence-corrected chi connectivity index (χ2v) is 8.00. The summed E-state index contributed by atoms with van der Waals surface area (Å²) < 4.78 is 12.7. The molecule has 1 atom stereocenters. The fraction of sp³-hybridized carbons (Fsp3) is 0.357. The maximum atomic E-state index is 12.7. The summed E-state index contributed by atoms with van der Waals surface area (Å²) in [7, 11) is 0. The Bertz CT molecular complexity index is 838. The molecule has 34 heavy (non-hydrogen) atoms. The van der Waals surface area contributed by atoms with Crippen molar-refractivity contribution in [1.29, 1.82) is 0 Å². The molecule has 1 aliphatic rings. The van der Waals surface area contributed by atoms with Gasteiger partial charge in [-0.1, -0.05) is 81.6 Å². The number of likely N-dealkylation sites (tertiary alicyclic amines) is 1. The third-order valence-electron chi connectivity index (χ3n) is 5.38. The van der Waals surface area contributed by atoms with Gasteiger partial charge in [0.05, 0.1) is 12.2 Å². The summed E-state index contributed by atoms with van der Waals surface area (Å²) in [6, 6.07) is 17.0. The van der Waals surface area contributed by atoms with E-state index in [0.29, 0.717) is 11.6 Å². The van der Waals surface area contributed by atoms with Crippen LogP contribution in [0.5, 0.6) is 0 Å². The number of hydrogen-bond donors (Lipinski definition) is 4. The highest BCUT2D eigenvalue weighted by Gasteiger charge is 2.23. The maximum absolute atomic E-state index is 12.7. The minimum atomic E-state index is -0.721. The van der Waals surface area contributed by atoms with Gasteiger partial charge in [-0.15, -0.1) is 0 Å². The predicted octanol–water partition coefficient (Wildman–Crippen LogP) is 5.16. The van der Waals surface area contributed by atoms with E-state index in [1.807, 2.05) is 12.3 Å². The molecule has 0 saturated carbocycles. The molecule has 1 unspecified atom stereocenters. The van der Waals surface area contributed by atoms with Gasteiger partial charge in [0.15, 0.2) is 0 Å². The SMILES string of the molecule is C=CN1CCCC1C(=C)NCc1ccccc1.C=CNCCCC.NC(N)c1ccccc1F. The van der Waals surface area contributed by atoms with Crippen molar-refractivity contribution in [3.63, 3.8) is 0 Å². The fourth-order valence-corrected chi connectivity index (χ4v) is 3.44. The summed E-state index contributed by atoms with van der Waals surface area (Å²) in [4.78, 5) is 2.26. The second-order valence-electron chi connectivity index (χ2n) is 8.00. The number of hydrogen-bond acceptors (Lipinski definition) is 5. The molecule has 0 amide bonds. The quantitative estimate of drug-likeness (QED) is 0.287. The van der Waals surface area contributed by atoms with Crippen LogP contribution in [0.1, 0.15) is 49.9 Å². The van der Waals surface area contributed by atoms with Gasteiger partial charge in [0, 0.05) is 30.9 Å². The van der Waals surface area contributed by atoms with E-state index >= 15 is 0 Å². The highest BCUT2D eigenvalue weighted by molar-refractivity contribution is 5.19. The first-order chi connectivity index (χ1) is 16.4. The van der Waals surface area contributed by atoms with Gasteiger partial charge >= 0.3 is 0 Å². The summed E-state index contributed by atoms with van der Waals surface area (Å²) in [5, 5.41) is 6.43. The Morgan fingerprint density at radius 1 is 1.15 bits per heavy atom. The van der Waals surface area contributed by atoms with E-state index in [0.717, 1.165) is 25.3 Å². The van der Waals surface area contributed by atoms with Crippen molar-refractivity contribution in [3.05, 3.63) is 109 Å². The number of nitrogens with zero attached hydrogens (tertiary/aromatic N) is 1. The Kier molecular flexibility index (Phi) is 14.8. The van der Waals surface area contributed by atoms with Crippen LogP contribution in [-0.2, 0) is 6.54 Å². The summed E-state index contributed by atoms with van der Waals surface area (Å²) in [6.45, 7) is 16.7. The monoisotopic (exact) mass is 467 g/mol. The summed E-state index contributed by atoms with van der Waals surface area (Å²) >= 11 is 0. The van der Waals surface area contributed by atoms with Crippen LogP contribution in [0.3, 0.4) is 0 Å². The average Bonchev–Trinajstić information content (AvgIpc) is 3.34. The Hall–Kier alpha value is -3.09. The summed E-state index contributed by atoms with van der Waals surface area (Å²) in [6.07, 6.45) is 7.83. The van der Waals surface area contributed by atoms with Crippen LogP contribution in [0.15, 0.2) is 92.4 Å². The molecular formula is C28H42FN5. The first-order valence-electron chi connectivity index (χ1n) is 11.9. The molecule has 2 aromatic carbocycles. The van der Waals surface area contributed by atoms with Crippen molar-refractivity contribution in [2.24, 2.45) is 11.5 Å². The van der Waals surface area contributed by atoms with Crippen LogP contribution in [-0.4, -0.2) is 24.0 Å². The normalized spacial score (nSPS) is 14.3. The molecule has 6 N–H and O–H groups in total. The predicted molar refractivity (Wildman–Crippen MR) is 143 cm³/mol. The molecule has 0 spiro atoms. The van der Waals surface area contributed by atoms with Gasteiger partial charge in [-0.05, 0) is 43.3 Å². The zero-order chi connectivity index (χ0) is 25.2. The van der Waals surface area contributed by atoms with E-state index in [2.05, 4.69) is 66.5 Å². The molecule has 6 heteroatoms. The Morgan fingerprint density at radius 3 is 2.38 bits per heavy atom. The molecule has 1 aliphatic heterocycles. The number of nitrogens with two attached hydrogens (primary N) is 2. The molecule has 1 fully saturated rings. The van der Waals surface area contributed by atoms with E-state index < -0.39 is 6.17 Å². The molecule has 1 heterocycles. The minimum Gasteiger partial charge on any atom is -0.391 e. The molecule has 0 radical (unpaired) electrons. The van der Waals surface area contributed by atoms with Crippen LogP contribution in [0, 0.1) is 5.82 Å². The first-order valence-corrected chi connectivity index (χ1v) is 11.9. The van der Waals surface area contributed by atoms with E-state index in [4.69, 9.17) is 11.5 Å². The van der Waals surface area contributed by atoms with E-state index in [1.54, 1.807) is 24.4 Å². The molecule has 2 aromatic rings. The largest absolute Gasteiger partial charge is 0.391 e. The van der Waals surface area contributed by atoms with Crippen molar-refractivity contribution in [1.82, 2.24) is 15.5 Å². The molecule has 3 rings (SSSR count). The van der Waals surface area contributed by atoms with Gasteiger partial charge in [0.2, 0.25) is 0 Å². The van der Waals surface area contributed by atoms with Crippen molar-refractivity contribution >= 4 is 0 Å². The number of halogens is 1. The van der Waals surface area contributed by atoms with Crippen LogP contribution >= 0.6 is 0 Å². The number of rotatable bonds is 10. The minimum absolute atomic E-state index is 0.350. The standard InChI is InChI=1S/C15H20N2.C7H9FN2.C6H13N/c1-3-17-11-7-10-15(17)13(2)16-12-14-8-5-4-6-9-14;8-6-4-2-1-3-5(6)7(9)10;1-3-5-6-7-4-2/h3-6,8-9,15-16H,1-2,7,10-12H2;1-4,7H,9-10H2;4,7H,2-3,5-6H2,1H3. The van der Waals surface area contributed by atoms with E-state index in [9.17, 15) is 4.39 Å². The van der Waals surface area contributed by atoms with Crippen LogP contribution in [0.4, 0.5) is 4.39 Å². The van der Waals surface area contributed by atoms with Crippen molar-refractivity contribution in [2.45, 2.75) is 51.4 Å². The third-order valence-corrected chi connectivity index (χ3v) is 5.38. The lowest BCUT2D eigenvalue weighted by molar-refractivity contribution is 0.375. The van der Waals surface area contributed by atoms with Gasteiger partial charge in [0.1, 0.15) is 5.82 Å². The fourth-order valence-electron chi connectivity index (χ4n) is 3.44. The maximum Gasteiger partial charge on any atom is 0.129 e. The molecule has 186 valence electrons. The second kappa shape index (κ2) is 17.4.